The average Bonchev–Trinajstić information content (AvgIpc) is 2.84. The second-order valence-electron chi connectivity index (χ2n) is 4.78. The zero-order valence-corrected chi connectivity index (χ0v) is 11.9. The van der Waals surface area contributed by atoms with Gasteiger partial charge >= 0.3 is 0 Å². The molecule has 1 unspecified atom stereocenters. The highest BCUT2D eigenvalue weighted by atomic mass is 16.3. The first-order valence-electron chi connectivity index (χ1n) is 7.14. The van der Waals surface area contributed by atoms with Crippen molar-refractivity contribution in [2.24, 2.45) is 0 Å². The van der Waals surface area contributed by atoms with Crippen LogP contribution in [-0.2, 0) is 6.54 Å². The Hall–Kier alpha value is -0.870. The lowest BCUT2D eigenvalue weighted by Crippen LogP contribution is -2.20. The maximum Gasteiger partial charge on any atom is 0.0762 e. The fraction of sp³-hybridized carbons (Fsp3) is 0.786. The van der Waals surface area contributed by atoms with Crippen molar-refractivity contribution < 1.29 is 5.11 Å². The quantitative estimate of drug-likeness (QED) is 0.665. The summed E-state index contributed by atoms with van der Waals surface area (Å²) >= 11 is 0. The van der Waals surface area contributed by atoms with E-state index in [9.17, 15) is 5.11 Å². The number of hydrogen-bond donors (Lipinski definition) is 2. The molecule has 1 rings (SSSR count). The highest BCUT2D eigenvalue weighted by Gasteiger charge is 2.07. The summed E-state index contributed by atoms with van der Waals surface area (Å²) in [7, 11) is 0. The summed E-state index contributed by atoms with van der Waals surface area (Å²) in [6.07, 6.45) is 5.76. The van der Waals surface area contributed by atoms with E-state index in [1.54, 1.807) is 0 Å². The summed E-state index contributed by atoms with van der Waals surface area (Å²) in [6, 6.07) is 2.59. The fourth-order valence-corrected chi connectivity index (χ4v) is 2.03. The van der Waals surface area contributed by atoms with Crippen LogP contribution in [0.5, 0.6) is 0 Å². The standard InChI is InChI=1S/C14H27N3O/c1-4-13(5-2)17-10-8-12(16-17)11-15-9-7-14(18)6-3/h8,10,13-15,18H,4-7,9,11H2,1-3H3. The minimum absolute atomic E-state index is 0.181. The van der Waals surface area contributed by atoms with E-state index in [4.69, 9.17) is 0 Å². The predicted octanol–water partition coefficient (Wildman–Crippen LogP) is 2.49. The molecule has 4 heteroatoms. The van der Waals surface area contributed by atoms with Gasteiger partial charge in [0, 0.05) is 12.7 Å². The number of aromatic nitrogens is 2. The third-order valence-electron chi connectivity index (χ3n) is 3.41. The molecule has 1 heterocycles. The Balaban J connectivity index is 2.31. The molecule has 0 aliphatic rings. The molecule has 1 atom stereocenters. The van der Waals surface area contributed by atoms with Gasteiger partial charge < -0.3 is 10.4 Å². The van der Waals surface area contributed by atoms with Crippen LogP contribution in [0.25, 0.3) is 0 Å². The summed E-state index contributed by atoms with van der Waals surface area (Å²) in [5, 5.41) is 17.3. The number of aliphatic hydroxyl groups excluding tert-OH is 1. The van der Waals surface area contributed by atoms with Gasteiger partial charge in [-0.15, -0.1) is 0 Å². The van der Waals surface area contributed by atoms with E-state index in [0.29, 0.717) is 6.04 Å². The molecule has 1 aromatic rings. The maximum atomic E-state index is 9.44. The second kappa shape index (κ2) is 8.27. The van der Waals surface area contributed by atoms with Crippen LogP contribution in [0.4, 0.5) is 0 Å². The third-order valence-corrected chi connectivity index (χ3v) is 3.41. The van der Waals surface area contributed by atoms with Crippen LogP contribution in [0.1, 0.15) is 58.2 Å². The Kier molecular flexibility index (Phi) is 6.98. The van der Waals surface area contributed by atoms with Crippen molar-refractivity contribution in [2.75, 3.05) is 6.54 Å². The van der Waals surface area contributed by atoms with Crippen molar-refractivity contribution in [1.82, 2.24) is 15.1 Å². The van der Waals surface area contributed by atoms with Crippen LogP contribution in [0.15, 0.2) is 12.3 Å². The number of rotatable bonds is 9. The first-order chi connectivity index (χ1) is 8.71. The average molecular weight is 253 g/mol. The number of nitrogens with zero attached hydrogens (tertiary/aromatic N) is 2. The number of nitrogens with one attached hydrogen (secondary N) is 1. The van der Waals surface area contributed by atoms with Gasteiger partial charge in [0.15, 0.2) is 0 Å². The van der Waals surface area contributed by atoms with Gasteiger partial charge in [-0.05, 0) is 38.3 Å². The zero-order chi connectivity index (χ0) is 13.4. The van der Waals surface area contributed by atoms with Gasteiger partial charge in [0.05, 0.1) is 17.8 Å². The number of hydrogen-bond acceptors (Lipinski definition) is 3. The van der Waals surface area contributed by atoms with Gasteiger partial charge in [0.25, 0.3) is 0 Å². The monoisotopic (exact) mass is 253 g/mol. The van der Waals surface area contributed by atoms with E-state index in [2.05, 4.69) is 41.2 Å². The van der Waals surface area contributed by atoms with Gasteiger partial charge in [-0.2, -0.15) is 5.10 Å². The molecular formula is C14H27N3O. The lowest BCUT2D eigenvalue weighted by molar-refractivity contribution is 0.159. The first-order valence-corrected chi connectivity index (χ1v) is 7.14. The molecule has 0 radical (unpaired) electrons. The molecule has 0 fully saturated rings. The Labute approximate surface area is 110 Å². The first kappa shape index (κ1) is 15.2. The molecule has 0 spiro atoms. The molecule has 2 N–H and O–H groups in total. The normalized spacial score (nSPS) is 13.2. The molecule has 0 amide bonds. The van der Waals surface area contributed by atoms with Crippen molar-refractivity contribution in [3.05, 3.63) is 18.0 Å². The van der Waals surface area contributed by atoms with Gasteiger partial charge in [0.2, 0.25) is 0 Å². The molecule has 0 aliphatic carbocycles. The lowest BCUT2D eigenvalue weighted by atomic mass is 10.2. The van der Waals surface area contributed by atoms with Crippen LogP contribution in [0.2, 0.25) is 0 Å². The van der Waals surface area contributed by atoms with Crippen molar-refractivity contribution in [2.45, 2.75) is 65.1 Å². The SMILES string of the molecule is CCC(O)CCNCc1ccn(C(CC)CC)n1. The Morgan fingerprint density at radius 1 is 1.28 bits per heavy atom. The highest BCUT2D eigenvalue weighted by molar-refractivity contribution is 4.99. The third kappa shape index (κ3) is 4.78. The predicted molar refractivity (Wildman–Crippen MR) is 74.5 cm³/mol. The Bertz CT molecular complexity index is 321. The van der Waals surface area contributed by atoms with E-state index in [-0.39, 0.29) is 6.10 Å². The molecule has 0 bridgehead atoms. The van der Waals surface area contributed by atoms with Crippen LogP contribution in [-0.4, -0.2) is 27.5 Å². The van der Waals surface area contributed by atoms with Gasteiger partial charge in [-0.25, -0.2) is 0 Å². The molecule has 0 aromatic carbocycles. The minimum Gasteiger partial charge on any atom is -0.393 e. The van der Waals surface area contributed by atoms with E-state index in [0.717, 1.165) is 44.5 Å². The summed E-state index contributed by atoms with van der Waals surface area (Å²) in [4.78, 5) is 0. The molecule has 0 aliphatic heterocycles. The molecule has 18 heavy (non-hydrogen) atoms. The second-order valence-corrected chi connectivity index (χ2v) is 4.78. The van der Waals surface area contributed by atoms with E-state index in [1.165, 1.54) is 0 Å². The van der Waals surface area contributed by atoms with Crippen molar-refractivity contribution in [1.29, 1.82) is 0 Å². The zero-order valence-electron chi connectivity index (χ0n) is 11.9. The van der Waals surface area contributed by atoms with Crippen LogP contribution < -0.4 is 5.32 Å². The minimum atomic E-state index is -0.181. The topological polar surface area (TPSA) is 50.1 Å². The largest absolute Gasteiger partial charge is 0.393 e. The van der Waals surface area contributed by atoms with Crippen LogP contribution >= 0.6 is 0 Å². The van der Waals surface area contributed by atoms with Crippen molar-refractivity contribution in [3.8, 4) is 0 Å². The Morgan fingerprint density at radius 2 is 2.00 bits per heavy atom. The highest BCUT2D eigenvalue weighted by Crippen LogP contribution is 2.14. The number of aliphatic hydroxyl groups is 1. The maximum absolute atomic E-state index is 9.44. The lowest BCUT2D eigenvalue weighted by Gasteiger charge is -2.12. The molecular weight excluding hydrogens is 226 g/mol. The Morgan fingerprint density at radius 3 is 2.61 bits per heavy atom. The summed E-state index contributed by atoms with van der Waals surface area (Å²) in [5.41, 5.74) is 1.08. The van der Waals surface area contributed by atoms with E-state index in [1.807, 2.05) is 6.92 Å². The van der Waals surface area contributed by atoms with Gasteiger partial charge in [0.1, 0.15) is 0 Å². The molecule has 1 aromatic heterocycles. The van der Waals surface area contributed by atoms with Crippen molar-refractivity contribution in [3.63, 3.8) is 0 Å². The van der Waals surface area contributed by atoms with E-state index >= 15 is 0 Å². The summed E-state index contributed by atoms with van der Waals surface area (Å²) < 4.78 is 2.07. The van der Waals surface area contributed by atoms with Gasteiger partial charge in [-0.1, -0.05) is 20.8 Å². The molecule has 104 valence electrons. The van der Waals surface area contributed by atoms with Crippen molar-refractivity contribution >= 4 is 0 Å². The van der Waals surface area contributed by atoms with Crippen LogP contribution in [0, 0.1) is 0 Å². The van der Waals surface area contributed by atoms with Crippen LogP contribution in [0.3, 0.4) is 0 Å². The van der Waals surface area contributed by atoms with E-state index < -0.39 is 0 Å². The smallest absolute Gasteiger partial charge is 0.0762 e. The molecule has 0 saturated heterocycles. The fourth-order valence-electron chi connectivity index (χ4n) is 2.03. The molecule has 0 saturated carbocycles. The summed E-state index contributed by atoms with van der Waals surface area (Å²) in [6.45, 7) is 8.01. The summed E-state index contributed by atoms with van der Waals surface area (Å²) in [5.74, 6) is 0. The van der Waals surface area contributed by atoms with Gasteiger partial charge in [-0.3, -0.25) is 4.68 Å². The molecule has 4 nitrogen and oxygen atoms in total.